The molecule has 138 valence electrons. The van der Waals surface area contributed by atoms with Crippen LogP contribution in [0.25, 0.3) is 5.57 Å². The van der Waals surface area contributed by atoms with Crippen molar-refractivity contribution in [3.63, 3.8) is 0 Å². The van der Waals surface area contributed by atoms with Crippen molar-refractivity contribution in [2.45, 2.75) is 59.5 Å². The van der Waals surface area contributed by atoms with E-state index in [-0.39, 0.29) is 5.91 Å². The highest BCUT2D eigenvalue weighted by molar-refractivity contribution is 5.78. The number of hydrogen-bond acceptors (Lipinski definition) is 2. The molecule has 3 nitrogen and oxygen atoms in total. The molecule has 1 aromatic rings. The van der Waals surface area contributed by atoms with Crippen LogP contribution in [0.15, 0.2) is 36.4 Å². The summed E-state index contributed by atoms with van der Waals surface area (Å²) in [6, 6.07) is 11.4. The molecule has 3 heteroatoms. The molecule has 1 aromatic carbocycles. The van der Waals surface area contributed by atoms with Crippen molar-refractivity contribution in [2.24, 2.45) is 5.92 Å². The largest absolute Gasteiger partial charge is 0.342 e. The monoisotopic (exact) mass is 342 g/mol. The first kappa shape index (κ1) is 19.7. The number of piperidine rings is 1. The summed E-state index contributed by atoms with van der Waals surface area (Å²) in [5, 5.41) is 0. The Kier molecular flexibility index (Phi) is 7.24. The molecular weight excluding hydrogens is 308 g/mol. The summed E-state index contributed by atoms with van der Waals surface area (Å²) in [4.78, 5) is 17.0. The minimum atomic E-state index is 0.282. The summed E-state index contributed by atoms with van der Waals surface area (Å²) < 4.78 is 0. The van der Waals surface area contributed by atoms with Crippen LogP contribution in [0.5, 0.6) is 0 Å². The Balaban J connectivity index is 1.88. The number of carbonyl (C=O) groups is 1. The van der Waals surface area contributed by atoms with Gasteiger partial charge in [-0.25, -0.2) is 0 Å². The second kappa shape index (κ2) is 9.19. The van der Waals surface area contributed by atoms with Gasteiger partial charge in [0, 0.05) is 25.2 Å². The van der Waals surface area contributed by atoms with E-state index in [0.717, 1.165) is 25.9 Å². The van der Waals surface area contributed by atoms with Crippen molar-refractivity contribution >= 4 is 11.5 Å². The van der Waals surface area contributed by atoms with E-state index in [1.807, 2.05) is 0 Å². The minimum absolute atomic E-state index is 0.282. The first-order chi connectivity index (χ1) is 11.9. The predicted octanol–water partition coefficient (Wildman–Crippen LogP) is 4.45. The highest BCUT2D eigenvalue weighted by atomic mass is 16.2. The lowest BCUT2D eigenvalue weighted by atomic mass is 9.92. The zero-order valence-electron chi connectivity index (χ0n) is 16.5. The molecule has 0 aliphatic carbocycles. The Morgan fingerprint density at radius 2 is 1.68 bits per heavy atom. The number of likely N-dealkylation sites (tertiary alicyclic amines) is 1. The molecule has 1 saturated heterocycles. The molecule has 0 saturated carbocycles. The second-order valence-electron chi connectivity index (χ2n) is 7.79. The highest BCUT2D eigenvalue weighted by Crippen LogP contribution is 2.24. The number of amides is 1. The van der Waals surface area contributed by atoms with E-state index >= 15 is 0 Å². The lowest BCUT2D eigenvalue weighted by molar-refractivity contribution is -0.134. The fourth-order valence-corrected chi connectivity index (χ4v) is 3.68. The van der Waals surface area contributed by atoms with Crippen LogP contribution in [0.2, 0.25) is 0 Å². The maximum Gasteiger partial charge on any atom is 0.236 e. The van der Waals surface area contributed by atoms with Gasteiger partial charge in [0.05, 0.1) is 6.54 Å². The molecule has 25 heavy (non-hydrogen) atoms. The van der Waals surface area contributed by atoms with E-state index in [2.05, 4.69) is 80.8 Å². The van der Waals surface area contributed by atoms with Gasteiger partial charge in [0.2, 0.25) is 5.91 Å². The zero-order valence-corrected chi connectivity index (χ0v) is 16.5. The van der Waals surface area contributed by atoms with Crippen LogP contribution in [0.1, 0.15) is 53.0 Å². The zero-order chi connectivity index (χ0) is 18.4. The SMILES string of the molecule is C/C(=C\C1CCN(C(=O)CN(C(C)C)C(C)C)CC1)c1ccccc1. The van der Waals surface area contributed by atoms with Gasteiger partial charge in [-0.05, 0) is 64.5 Å². The van der Waals surface area contributed by atoms with Crippen LogP contribution in [-0.4, -0.2) is 47.4 Å². The second-order valence-corrected chi connectivity index (χ2v) is 7.79. The first-order valence-electron chi connectivity index (χ1n) is 9.65. The molecule has 1 heterocycles. The molecule has 2 rings (SSSR count). The highest BCUT2D eigenvalue weighted by Gasteiger charge is 2.25. The predicted molar refractivity (Wildman–Crippen MR) is 106 cm³/mol. The number of hydrogen-bond donors (Lipinski definition) is 0. The number of benzene rings is 1. The third-order valence-corrected chi connectivity index (χ3v) is 5.25. The van der Waals surface area contributed by atoms with E-state index in [1.165, 1.54) is 11.1 Å². The number of carbonyl (C=O) groups excluding carboxylic acids is 1. The topological polar surface area (TPSA) is 23.6 Å². The summed E-state index contributed by atoms with van der Waals surface area (Å²) in [7, 11) is 0. The molecule has 1 aliphatic rings. The van der Waals surface area contributed by atoms with Crippen molar-refractivity contribution in [3.8, 4) is 0 Å². The van der Waals surface area contributed by atoms with E-state index in [9.17, 15) is 4.79 Å². The molecule has 0 unspecified atom stereocenters. The fraction of sp³-hybridized carbons (Fsp3) is 0.591. The summed E-state index contributed by atoms with van der Waals surface area (Å²) in [5.41, 5.74) is 2.64. The van der Waals surface area contributed by atoms with Crippen LogP contribution in [0.4, 0.5) is 0 Å². The maximum atomic E-state index is 12.6. The third kappa shape index (κ3) is 5.71. The fourth-order valence-electron chi connectivity index (χ4n) is 3.68. The summed E-state index contributed by atoms with van der Waals surface area (Å²) >= 11 is 0. The molecule has 0 bridgehead atoms. The van der Waals surface area contributed by atoms with Crippen molar-refractivity contribution < 1.29 is 4.79 Å². The molecule has 1 amide bonds. The lowest BCUT2D eigenvalue weighted by Crippen LogP contribution is -2.47. The molecule has 0 aromatic heterocycles. The number of allylic oxidation sites excluding steroid dienone is 2. The average Bonchev–Trinajstić information content (AvgIpc) is 2.60. The minimum Gasteiger partial charge on any atom is -0.342 e. The quantitative estimate of drug-likeness (QED) is 0.762. The van der Waals surface area contributed by atoms with Crippen LogP contribution < -0.4 is 0 Å². The third-order valence-electron chi connectivity index (χ3n) is 5.25. The Labute approximate surface area is 153 Å². The smallest absolute Gasteiger partial charge is 0.236 e. The van der Waals surface area contributed by atoms with Gasteiger partial charge < -0.3 is 4.90 Å². The lowest BCUT2D eigenvalue weighted by Gasteiger charge is -2.35. The average molecular weight is 343 g/mol. The van der Waals surface area contributed by atoms with E-state index in [0.29, 0.717) is 24.5 Å². The summed E-state index contributed by atoms with van der Waals surface area (Å²) in [5.74, 6) is 0.861. The van der Waals surface area contributed by atoms with Crippen molar-refractivity contribution in [3.05, 3.63) is 42.0 Å². The normalized spacial score (nSPS) is 17.0. The molecule has 0 spiro atoms. The van der Waals surface area contributed by atoms with Gasteiger partial charge in [0.15, 0.2) is 0 Å². The van der Waals surface area contributed by atoms with Gasteiger partial charge in [0.25, 0.3) is 0 Å². The van der Waals surface area contributed by atoms with E-state index in [4.69, 9.17) is 0 Å². The Bertz CT molecular complexity index is 561. The molecule has 1 fully saturated rings. The first-order valence-corrected chi connectivity index (χ1v) is 9.65. The maximum absolute atomic E-state index is 12.6. The van der Waals surface area contributed by atoms with Gasteiger partial charge in [-0.3, -0.25) is 9.69 Å². The molecule has 0 radical (unpaired) electrons. The van der Waals surface area contributed by atoms with Gasteiger partial charge in [-0.15, -0.1) is 0 Å². The van der Waals surface area contributed by atoms with Crippen LogP contribution in [0.3, 0.4) is 0 Å². The van der Waals surface area contributed by atoms with E-state index < -0.39 is 0 Å². The van der Waals surface area contributed by atoms with Gasteiger partial charge in [-0.1, -0.05) is 36.4 Å². The molecule has 0 N–H and O–H groups in total. The van der Waals surface area contributed by atoms with E-state index in [1.54, 1.807) is 0 Å². The number of rotatable bonds is 6. The Hall–Kier alpha value is -1.61. The molecular formula is C22H34N2O. The van der Waals surface area contributed by atoms with Crippen molar-refractivity contribution in [1.82, 2.24) is 9.80 Å². The molecule has 1 aliphatic heterocycles. The summed E-state index contributed by atoms with van der Waals surface area (Å²) in [6.45, 7) is 13.1. The van der Waals surface area contributed by atoms with Crippen molar-refractivity contribution in [1.29, 1.82) is 0 Å². The van der Waals surface area contributed by atoms with Crippen LogP contribution >= 0.6 is 0 Å². The van der Waals surface area contributed by atoms with Gasteiger partial charge in [-0.2, -0.15) is 0 Å². The van der Waals surface area contributed by atoms with Crippen LogP contribution in [-0.2, 0) is 4.79 Å². The van der Waals surface area contributed by atoms with Gasteiger partial charge in [0.1, 0.15) is 0 Å². The number of nitrogens with zero attached hydrogens (tertiary/aromatic N) is 2. The van der Waals surface area contributed by atoms with Crippen LogP contribution in [0, 0.1) is 5.92 Å². The van der Waals surface area contributed by atoms with Gasteiger partial charge >= 0.3 is 0 Å². The van der Waals surface area contributed by atoms with Crippen molar-refractivity contribution in [2.75, 3.05) is 19.6 Å². The Morgan fingerprint density at radius 3 is 2.20 bits per heavy atom. The Morgan fingerprint density at radius 1 is 1.12 bits per heavy atom. The molecule has 0 atom stereocenters. The standard InChI is InChI=1S/C22H34N2O/c1-17(2)24(18(3)4)16-22(25)23-13-11-20(12-14-23)15-19(5)21-9-7-6-8-10-21/h6-10,15,17-18,20H,11-14,16H2,1-5H3/b19-15+. The summed E-state index contributed by atoms with van der Waals surface area (Å²) in [6.07, 6.45) is 4.53.